The van der Waals surface area contributed by atoms with E-state index in [0.29, 0.717) is 35.1 Å². The molecule has 0 aliphatic carbocycles. The van der Waals surface area contributed by atoms with E-state index >= 15 is 0 Å². The Bertz CT molecular complexity index is 1240. The molecule has 0 bridgehead atoms. The van der Waals surface area contributed by atoms with Crippen LogP contribution in [0.4, 0.5) is 15.9 Å². The molecule has 4 rings (SSSR count). The first-order chi connectivity index (χ1) is 15.6. The lowest BCUT2D eigenvalue weighted by Gasteiger charge is -2.12. The predicted molar refractivity (Wildman–Crippen MR) is 116 cm³/mol. The number of ether oxygens (including phenoxy) is 2. The Kier molecular flexibility index (Phi) is 6.07. The van der Waals surface area contributed by atoms with Gasteiger partial charge in [-0.25, -0.2) is 14.1 Å². The second kappa shape index (κ2) is 9.25. The number of benzene rings is 2. The Hall–Kier alpha value is -4.27. The Balaban J connectivity index is 1.55. The topological polar surface area (TPSA) is 91.2 Å². The molecule has 0 atom stereocenters. The maximum atomic E-state index is 13.1. The summed E-state index contributed by atoms with van der Waals surface area (Å²) in [5.41, 5.74) is 2.04. The Labute approximate surface area is 183 Å². The molecule has 9 heteroatoms. The number of hydrogen-bond acceptors (Lipinski definition) is 7. The van der Waals surface area contributed by atoms with Crippen molar-refractivity contribution >= 4 is 17.3 Å². The summed E-state index contributed by atoms with van der Waals surface area (Å²) in [6.45, 7) is 0.365. The molecule has 2 heterocycles. The lowest BCUT2D eigenvalue weighted by molar-refractivity contribution is 0.103. The number of nitrogens with zero attached hydrogens (tertiary/aromatic N) is 4. The molecule has 0 saturated carbocycles. The first kappa shape index (κ1) is 21.0. The molecular formula is C23H20FN5O3. The van der Waals surface area contributed by atoms with Crippen molar-refractivity contribution in [2.75, 3.05) is 19.5 Å². The van der Waals surface area contributed by atoms with Gasteiger partial charge >= 0.3 is 0 Å². The summed E-state index contributed by atoms with van der Waals surface area (Å²) in [5.74, 6) is 0.872. The molecule has 4 aromatic rings. The molecule has 0 aliphatic rings. The van der Waals surface area contributed by atoms with E-state index < -0.39 is 0 Å². The number of pyridine rings is 1. The largest absolute Gasteiger partial charge is 0.493 e. The number of ketones is 1. The average Bonchev–Trinajstić information content (AvgIpc) is 3.29. The zero-order valence-electron chi connectivity index (χ0n) is 17.4. The molecule has 2 aromatic heterocycles. The summed E-state index contributed by atoms with van der Waals surface area (Å²) in [6, 6.07) is 14.7. The number of anilines is 2. The number of hydrogen-bond donors (Lipinski definition) is 1. The van der Waals surface area contributed by atoms with Crippen LogP contribution in [-0.2, 0) is 6.54 Å². The molecule has 32 heavy (non-hydrogen) atoms. The second-order valence-electron chi connectivity index (χ2n) is 6.85. The molecule has 0 unspecified atom stereocenters. The van der Waals surface area contributed by atoms with Crippen LogP contribution in [-0.4, -0.2) is 40.0 Å². The summed E-state index contributed by atoms with van der Waals surface area (Å²) in [5, 5.41) is 11.2. The molecule has 2 aromatic carbocycles. The minimum atomic E-state index is -0.327. The molecular weight excluding hydrogens is 413 g/mol. The smallest absolute Gasteiger partial charge is 0.218 e. The van der Waals surface area contributed by atoms with Crippen LogP contribution >= 0.6 is 0 Å². The lowest BCUT2D eigenvalue weighted by atomic mass is 10.1. The molecule has 0 spiro atoms. The number of nitrogens with one attached hydrogen (secondary N) is 1. The summed E-state index contributed by atoms with van der Waals surface area (Å²) >= 11 is 0. The Morgan fingerprint density at radius 1 is 1.06 bits per heavy atom. The van der Waals surface area contributed by atoms with E-state index in [1.165, 1.54) is 16.8 Å². The maximum absolute atomic E-state index is 13.1. The SMILES string of the molecule is COc1ccc(Nc2ncccc2C(=O)c2cn(Cc3ccc(F)cc3)nn2)cc1OC. The van der Waals surface area contributed by atoms with Crippen molar-refractivity contribution in [1.29, 1.82) is 0 Å². The van der Waals surface area contributed by atoms with E-state index in [1.807, 2.05) is 0 Å². The number of halogens is 1. The summed E-state index contributed by atoms with van der Waals surface area (Å²) in [6.07, 6.45) is 3.14. The van der Waals surface area contributed by atoms with Gasteiger partial charge in [-0.1, -0.05) is 17.3 Å². The molecule has 0 saturated heterocycles. The molecule has 0 radical (unpaired) electrons. The number of carbonyl (C=O) groups is 1. The van der Waals surface area contributed by atoms with Crippen LogP contribution in [0.15, 0.2) is 67.0 Å². The van der Waals surface area contributed by atoms with Crippen molar-refractivity contribution in [2.24, 2.45) is 0 Å². The normalized spacial score (nSPS) is 10.6. The monoisotopic (exact) mass is 433 g/mol. The van der Waals surface area contributed by atoms with Crippen LogP contribution in [0, 0.1) is 5.82 Å². The van der Waals surface area contributed by atoms with Crippen molar-refractivity contribution < 1.29 is 18.7 Å². The van der Waals surface area contributed by atoms with Crippen LogP contribution < -0.4 is 14.8 Å². The third-order valence-corrected chi connectivity index (χ3v) is 4.73. The predicted octanol–water partition coefficient (Wildman–Crippen LogP) is 3.85. The maximum Gasteiger partial charge on any atom is 0.218 e. The zero-order chi connectivity index (χ0) is 22.5. The van der Waals surface area contributed by atoms with Crippen molar-refractivity contribution in [3.63, 3.8) is 0 Å². The molecule has 0 fully saturated rings. The first-order valence-corrected chi connectivity index (χ1v) is 9.70. The standard InChI is InChI=1S/C23H20FN5O3/c1-31-20-10-9-17(12-21(20)32-2)26-23-18(4-3-11-25-23)22(30)19-14-29(28-27-19)13-15-5-7-16(24)8-6-15/h3-12,14H,13H2,1-2H3,(H,25,26). The number of aromatic nitrogens is 4. The zero-order valence-corrected chi connectivity index (χ0v) is 17.4. The van der Waals surface area contributed by atoms with Gasteiger partial charge in [0.2, 0.25) is 5.78 Å². The number of rotatable bonds is 8. The highest BCUT2D eigenvalue weighted by atomic mass is 19.1. The number of methoxy groups -OCH3 is 2. The van der Waals surface area contributed by atoms with Crippen LogP contribution in [0.2, 0.25) is 0 Å². The van der Waals surface area contributed by atoms with Crippen molar-refractivity contribution in [3.8, 4) is 11.5 Å². The van der Waals surface area contributed by atoms with E-state index in [0.717, 1.165) is 5.56 Å². The summed E-state index contributed by atoms with van der Waals surface area (Å²) in [4.78, 5) is 17.4. The lowest BCUT2D eigenvalue weighted by Crippen LogP contribution is -2.07. The van der Waals surface area contributed by atoms with E-state index in [1.54, 1.807) is 69.1 Å². The molecule has 0 aliphatic heterocycles. The fourth-order valence-electron chi connectivity index (χ4n) is 3.13. The molecule has 1 N–H and O–H groups in total. The van der Waals surface area contributed by atoms with Gasteiger partial charge in [0.1, 0.15) is 11.6 Å². The van der Waals surface area contributed by atoms with Crippen LogP contribution in [0.25, 0.3) is 0 Å². The van der Waals surface area contributed by atoms with Gasteiger partial charge in [-0.05, 0) is 42.0 Å². The third-order valence-electron chi connectivity index (χ3n) is 4.73. The fourth-order valence-corrected chi connectivity index (χ4v) is 3.13. The Morgan fingerprint density at radius 2 is 1.84 bits per heavy atom. The Morgan fingerprint density at radius 3 is 2.59 bits per heavy atom. The van der Waals surface area contributed by atoms with E-state index in [4.69, 9.17) is 9.47 Å². The summed E-state index contributed by atoms with van der Waals surface area (Å²) in [7, 11) is 3.11. The van der Waals surface area contributed by atoms with Crippen LogP contribution in [0.3, 0.4) is 0 Å². The van der Waals surface area contributed by atoms with E-state index in [9.17, 15) is 9.18 Å². The van der Waals surface area contributed by atoms with Gasteiger partial charge in [-0.15, -0.1) is 5.10 Å². The third kappa shape index (κ3) is 4.56. The van der Waals surface area contributed by atoms with Gasteiger partial charge < -0.3 is 14.8 Å². The van der Waals surface area contributed by atoms with Crippen molar-refractivity contribution in [2.45, 2.75) is 6.54 Å². The molecule has 8 nitrogen and oxygen atoms in total. The van der Waals surface area contributed by atoms with Crippen LogP contribution in [0.5, 0.6) is 11.5 Å². The quantitative estimate of drug-likeness (QED) is 0.422. The fraction of sp³-hybridized carbons (Fsp3) is 0.130. The van der Waals surface area contributed by atoms with Gasteiger partial charge in [-0.3, -0.25) is 4.79 Å². The highest BCUT2D eigenvalue weighted by Crippen LogP contribution is 2.31. The van der Waals surface area contributed by atoms with Crippen molar-refractivity contribution in [3.05, 3.63) is 89.6 Å². The number of carbonyl (C=O) groups excluding carboxylic acids is 1. The van der Waals surface area contributed by atoms with Gasteiger partial charge in [-0.2, -0.15) is 0 Å². The first-order valence-electron chi connectivity index (χ1n) is 9.70. The van der Waals surface area contributed by atoms with Gasteiger partial charge in [0.15, 0.2) is 17.2 Å². The van der Waals surface area contributed by atoms with Crippen LogP contribution in [0.1, 0.15) is 21.6 Å². The van der Waals surface area contributed by atoms with Gasteiger partial charge in [0, 0.05) is 18.0 Å². The van der Waals surface area contributed by atoms with E-state index in [-0.39, 0.29) is 17.3 Å². The highest BCUT2D eigenvalue weighted by Gasteiger charge is 2.18. The highest BCUT2D eigenvalue weighted by molar-refractivity contribution is 6.10. The average molecular weight is 433 g/mol. The van der Waals surface area contributed by atoms with Gasteiger partial charge in [0.25, 0.3) is 0 Å². The molecule has 162 valence electrons. The minimum Gasteiger partial charge on any atom is -0.493 e. The summed E-state index contributed by atoms with van der Waals surface area (Å²) < 4.78 is 25.2. The van der Waals surface area contributed by atoms with Gasteiger partial charge in [0.05, 0.1) is 32.5 Å². The van der Waals surface area contributed by atoms with Crippen molar-refractivity contribution in [1.82, 2.24) is 20.0 Å². The minimum absolute atomic E-state index is 0.176. The second-order valence-corrected chi connectivity index (χ2v) is 6.85. The molecule has 0 amide bonds. The van der Waals surface area contributed by atoms with E-state index in [2.05, 4.69) is 20.6 Å².